The van der Waals surface area contributed by atoms with Crippen LogP contribution in [0.1, 0.15) is 23.2 Å². The summed E-state index contributed by atoms with van der Waals surface area (Å²) in [7, 11) is 0. The van der Waals surface area contributed by atoms with E-state index in [4.69, 9.17) is 0 Å². The van der Waals surface area contributed by atoms with Crippen LogP contribution in [-0.2, 0) is 0 Å². The van der Waals surface area contributed by atoms with Crippen molar-refractivity contribution in [2.45, 2.75) is 18.9 Å². The number of fused-ring (bicyclic) bond motifs is 1. The van der Waals surface area contributed by atoms with Crippen molar-refractivity contribution >= 4 is 16.8 Å². The number of piperidine rings is 1. The number of hydrogen-bond acceptors (Lipinski definition) is 2. The van der Waals surface area contributed by atoms with E-state index in [9.17, 15) is 9.90 Å². The lowest BCUT2D eigenvalue weighted by Gasteiger charge is -2.30. The Hall–Kier alpha value is -1.81. The van der Waals surface area contributed by atoms with Gasteiger partial charge >= 0.3 is 0 Å². The first kappa shape index (κ1) is 11.3. The van der Waals surface area contributed by atoms with Crippen LogP contribution in [0.15, 0.2) is 30.5 Å². The van der Waals surface area contributed by atoms with Crippen LogP contribution in [0.5, 0.6) is 0 Å². The molecule has 0 aliphatic carbocycles. The first-order chi connectivity index (χ1) is 8.75. The molecule has 4 nitrogen and oxygen atoms in total. The van der Waals surface area contributed by atoms with Crippen LogP contribution in [0.3, 0.4) is 0 Å². The van der Waals surface area contributed by atoms with Crippen molar-refractivity contribution in [2.24, 2.45) is 0 Å². The molecular formula is C14H16N2O2. The lowest BCUT2D eigenvalue weighted by atomic mass is 10.1. The van der Waals surface area contributed by atoms with Crippen molar-refractivity contribution in [3.8, 4) is 0 Å². The molecule has 1 aromatic carbocycles. The molecule has 0 radical (unpaired) electrons. The van der Waals surface area contributed by atoms with E-state index in [0.29, 0.717) is 12.1 Å². The van der Waals surface area contributed by atoms with Crippen LogP contribution in [0.25, 0.3) is 10.9 Å². The highest BCUT2D eigenvalue weighted by Gasteiger charge is 2.24. The Morgan fingerprint density at radius 1 is 1.39 bits per heavy atom. The average Bonchev–Trinajstić information content (AvgIpc) is 2.86. The molecular weight excluding hydrogens is 228 g/mol. The van der Waals surface area contributed by atoms with Crippen LogP contribution in [0, 0.1) is 0 Å². The summed E-state index contributed by atoms with van der Waals surface area (Å²) in [5.41, 5.74) is 1.56. The SMILES string of the molecule is O=C(c1cccc2cc[nH]c12)N1CCC[C@H](O)C1. The molecule has 1 fully saturated rings. The third-order valence-electron chi connectivity index (χ3n) is 3.50. The standard InChI is InChI=1S/C14H16N2O2/c17-11-4-2-8-16(9-11)14(18)12-5-1-3-10-6-7-15-13(10)12/h1,3,5-7,11,15,17H,2,4,8-9H2/t11-/m0/s1. The minimum absolute atomic E-state index is 0.00167. The molecule has 1 atom stereocenters. The van der Waals surface area contributed by atoms with Gasteiger partial charge in [-0.25, -0.2) is 0 Å². The number of benzene rings is 1. The summed E-state index contributed by atoms with van der Waals surface area (Å²) in [6.45, 7) is 1.17. The van der Waals surface area contributed by atoms with Gasteiger partial charge < -0.3 is 15.0 Å². The minimum Gasteiger partial charge on any atom is -0.391 e. The smallest absolute Gasteiger partial charge is 0.256 e. The maximum absolute atomic E-state index is 12.5. The first-order valence-electron chi connectivity index (χ1n) is 6.29. The molecule has 0 spiro atoms. The van der Waals surface area contributed by atoms with E-state index in [-0.39, 0.29) is 12.0 Å². The second-order valence-corrected chi connectivity index (χ2v) is 4.79. The van der Waals surface area contributed by atoms with Gasteiger partial charge in [-0.1, -0.05) is 12.1 Å². The molecule has 4 heteroatoms. The predicted molar refractivity (Wildman–Crippen MR) is 69.4 cm³/mol. The predicted octanol–water partition coefficient (Wildman–Crippen LogP) is 1.76. The fourth-order valence-electron chi connectivity index (χ4n) is 2.57. The summed E-state index contributed by atoms with van der Waals surface area (Å²) in [5.74, 6) is 0.00167. The molecule has 2 heterocycles. The van der Waals surface area contributed by atoms with Crippen LogP contribution >= 0.6 is 0 Å². The summed E-state index contributed by atoms with van der Waals surface area (Å²) in [5, 5.41) is 10.7. The van der Waals surface area contributed by atoms with E-state index >= 15 is 0 Å². The van der Waals surface area contributed by atoms with Crippen molar-refractivity contribution in [1.82, 2.24) is 9.88 Å². The topological polar surface area (TPSA) is 56.3 Å². The number of carbonyl (C=O) groups is 1. The minimum atomic E-state index is -0.384. The molecule has 1 aliphatic heterocycles. The Balaban J connectivity index is 1.94. The van der Waals surface area contributed by atoms with Gasteiger partial charge in [-0.2, -0.15) is 0 Å². The van der Waals surface area contributed by atoms with Crippen LogP contribution in [0.2, 0.25) is 0 Å². The van der Waals surface area contributed by atoms with Gasteiger partial charge in [-0.15, -0.1) is 0 Å². The van der Waals surface area contributed by atoms with Gasteiger partial charge in [-0.05, 0) is 25.0 Å². The zero-order valence-corrected chi connectivity index (χ0v) is 10.1. The van der Waals surface area contributed by atoms with Crippen molar-refractivity contribution in [2.75, 3.05) is 13.1 Å². The normalized spacial score (nSPS) is 20.3. The van der Waals surface area contributed by atoms with E-state index < -0.39 is 0 Å². The molecule has 2 N–H and O–H groups in total. The number of aliphatic hydroxyl groups excluding tert-OH is 1. The molecule has 94 valence electrons. The molecule has 0 saturated carbocycles. The van der Waals surface area contributed by atoms with Gasteiger partial charge in [0.1, 0.15) is 0 Å². The highest BCUT2D eigenvalue weighted by molar-refractivity contribution is 6.05. The van der Waals surface area contributed by atoms with Gasteiger partial charge in [0, 0.05) is 24.7 Å². The van der Waals surface area contributed by atoms with Crippen LogP contribution in [0.4, 0.5) is 0 Å². The Morgan fingerprint density at radius 3 is 3.11 bits per heavy atom. The van der Waals surface area contributed by atoms with Gasteiger partial charge in [0.2, 0.25) is 0 Å². The first-order valence-corrected chi connectivity index (χ1v) is 6.29. The van der Waals surface area contributed by atoms with Crippen molar-refractivity contribution in [1.29, 1.82) is 0 Å². The van der Waals surface area contributed by atoms with Gasteiger partial charge in [-0.3, -0.25) is 4.79 Å². The highest BCUT2D eigenvalue weighted by atomic mass is 16.3. The fourth-order valence-corrected chi connectivity index (χ4v) is 2.57. The van der Waals surface area contributed by atoms with Crippen molar-refractivity contribution < 1.29 is 9.90 Å². The maximum Gasteiger partial charge on any atom is 0.256 e. The largest absolute Gasteiger partial charge is 0.391 e. The molecule has 1 aromatic heterocycles. The summed E-state index contributed by atoms with van der Waals surface area (Å²) in [6.07, 6.45) is 3.11. The monoisotopic (exact) mass is 244 g/mol. The molecule has 1 amide bonds. The molecule has 18 heavy (non-hydrogen) atoms. The summed E-state index contributed by atoms with van der Waals surface area (Å²) in [6, 6.07) is 7.66. The Labute approximate surface area is 105 Å². The van der Waals surface area contributed by atoms with E-state index in [1.165, 1.54) is 0 Å². The van der Waals surface area contributed by atoms with E-state index in [2.05, 4.69) is 4.98 Å². The number of carbonyl (C=O) groups excluding carboxylic acids is 1. The number of nitrogens with one attached hydrogen (secondary N) is 1. The van der Waals surface area contributed by atoms with Gasteiger partial charge in [0.15, 0.2) is 0 Å². The second-order valence-electron chi connectivity index (χ2n) is 4.79. The number of para-hydroxylation sites is 1. The quantitative estimate of drug-likeness (QED) is 0.803. The zero-order valence-electron chi connectivity index (χ0n) is 10.1. The number of hydrogen-bond donors (Lipinski definition) is 2. The van der Waals surface area contributed by atoms with E-state index in [1.807, 2.05) is 30.5 Å². The Kier molecular flexibility index (Phi) is 2.80. The van der Waals surface area contributed by atoms with Gasteiger partial charge in [0.05, 0.1) is 17.2 Å². The number of amides is 1. The summed E-state index contributed by atoms with van der Waals surface area (Å²) < 4.78 is 0. The molecule has 3 rings (SSSR count). The van der Waals surface area contributed by atoms with Crippen molar-refractivity contribution in [3.05, 3.63) is 36.0 Å². The van der Waals surface area contributed by atoms with E-state index in [1.54, 1.807) is 4.90 Å². The second kappa shape index (κ2) is 4.46. The maximum atomic E-state index is 12.5. The molecule has 1 aliphatic rings. The van der Waals surface area contributed by atoms with Crippen molar-refractivity contribution in [3.63, 3.8) is 0 Å². The molecule has 2 aromatic rings. The molecule has 0 unspecified atom stereocenters. The number of aliphatic hydroxyl groups is 1. The molecule has 1 saturated heterocycles. The third-order valence-corrected chi connectivity index (χ3v) is 3.50. The van der Waals surface area contributed by atoms with Gasteiger partial charge in [0.25, 0.3) is 5.91 Å². The number of rotatable bonds is 1. The lowest BCUT2D eigenvalue weighted by Crippen LogP contribution is -2.42. The number of aromatic amines is 1. The zero-order chi connectivity index (χ0) is 12.5. The third kappa shape index (κ3) is 1.88. The van der Waals surface area contributed by atoms with Crippen LogP contribution < -0.4 is 0 Å². The number of nitrogens with zero attached hydrogens (tertiary/aromatic N) is 1. The average molecular weight is 244 g/mol. The van der Waals surface area contributed by atoms with Crippen LogP contribution in [-0.4, -0.2) is 40.1 Å². The fraction of sp³-hybridized carbons (Fsp3) is 0.357. The number of β-amino-alcohol motifs (C(OH)–C–C–N with tert-alkyl or cyclic N) is 1. The Morgan fingerprint density at radius 2 is 2.28 bits per heavy atom. The summed E-state index contributed by atoms with van der Waals surface area (Å²) in [4.78, 5) is 17.3. The number of H-pyrrole nitrogens is 1. The summed E-state index contributed by atoms with van der Waals surface area (Å²) >= 11 is 0. The molecule has 0 bridgehead atoms. The van der Waals surface area contributed by atoms with E-state index in [0.717, 1.165) is 30.3 Å². The number of aromatic nitrogens is 1. The lowest BCUT2D eigenvalue weighted by molar-refractivity contribution is 0.0475. The highest BCUT2D eigenvalue weighted by Crippen LogP contribution is 2.20. The number of likely N-dealkylation sites (tertiary alicyclic amines) is 1. The Bertz CT molecular complexity index is 576.